The first kappa shape index (κ1) is 24.1. The van der Waals surface area contributed by atoms with E-state index in [1.807, 2.05) is 61.5 Å². The summed E-state index contributed by atoms with van der Waals surface area (Å²) in [6.07, 6.45) is 5.81. The number of aromatic nitrogens is 4. The third-order valence-electron chi connectivity index (χ3n) is 6.17. The van der Waals surface area contributed by atoms with E-state index in [9.17, 15) is 4.79 Å². The van der Waals surface area contributed by atoms with Crippen LogP contribution in [0.3, 0.4) is 0 Å². The lowest BCUT2D eigenvalue weighted by molar-refractivity contribution is -0.144. The van der Waals surface area contributed by atoms with Crippen molar-refractivity contribution in [3.63, 3.8) is 0 Å². The van der Waals surface area contributed by atoms with Gasteiger partial charge < -0.3 is 10.1 Å². The molecular formula is C30H27N5O2. The van der Waals surface area contributed by atoms with Crippen LogP contribution in [0.2, 0.25) is 0 Å². The number of nitrogens with zero attached hydrogens (tertiary/aromatic N) is 4. The molecule has 0 bridgehead atoms. The van der Waals surface area contributed by atoms with Crippen molar-refractivity contribution >= 4 is 22.7 Å². The number of esters is 1. The molecule has 0 radical (unpaired) electrons. The fraction of sp³-hybridized carbons (Fsp3) is 0.167. The molecule has 7 nitrogen and oxygen atoms in total. The van der Waals surface area contributed by atoms with Crippen molar-refractivity contribution in [3.8, 4) is 22.5 Å². The first-order valence-electron chi connectivity index (χ1n) is 12.1. The molecule has 0 aliphatic carbocycles. The van der Waals surface area contributed by atoms with Crippen molar-refractivity contribution in [2.24, 2.45) is 5.92 Å². The lowest BCUT2D eigenvalue weighted by Gasteiger charge is -2.15. The first-order chi connectivity index (χ1) is 18.1. The second kappa shape index (κ2) is 11.0. The van der Waals surface area contributed by atoms with Crippen molar-refractivity contribution in [3.05, 3.63) is 103 Å². The summed E-state index contributed by atoms with van der Waals surface area (Å²) in [5.41, 5.74) is 5.57. The number of pyridine rings is 2. The molecule has 0 amide bonds. The van der Waals surface area contributed by atoms with Gasteiger partial charge in [-0.2, -0.15) is 0 Å². The summed E-state index contributed by atoms with van der Waals surface area (Å²) in [6.45, 7) is 2.36. The Balaban J connectivity index is 1.59. The highest BCUT2D eigenvalue weighted by Gasteiger charge is 2.17. The smallest absolute Gasteiger partial charge is 0.308 e. The molecule has 3 heterocycles. The molecule has 5 aromatic rings. The minimum absolute atomic E-state index is 0.248. The Hall–Kier alpha value is -4.65. The molecule has 0 saturated carbocycles. The number of anilines is 1. The van der Waals surface area contributed by atoms with Gasteiger partial charge >= 0.3 is 5.97 Å². The van der Waals surface area contributed by atoms with Crippen LogP contribution in [-0.2, 0) is 22.5 Å². The Labute approximate surface area is 215 Å². The number of benzene rings is 2. The van der Waals surface area contributed by atoms with Crippen molar-refractivity contribution in [2.75, 3.05) is 12.4 Å². The van der Waals surface area contributed by atoms with Gasteiger partial charge in [-0.1, -0.05) is 55.5 Å². The molecule has 184 valence electrons. The molecule has 0 aliphatic heterocycles. The predicted molar refractivity (Wildman–Crippen MR) is 145 cm³/mol. The highest BCUT2D eigenvalue weighted by Crippen LogP contribution is 2.34. The number of nitrogens with one attached hydrogen (secondary N) is 1. The van der Waals surface area contributed by atoms with E-state index >= 15 is 0 Å². The summed E-state index contributed by atoms with van der Waals surface area (Å²) in [5.74, 6) is 0.755. The summed E-state index contributed by atoms with van der Waals surface area (Å²) in [5, 5.41) is 4.44. The number of hydrogen-bond acceptors (Lipinski definition) is 7. The molecule has 1 unspecified atom stereocenters. The summed E-state index contributed by atoms with van der Waals surface area (Å²) >= 11 is 0. The van der Waals surface area contributed by atoms with Crippen molar-refractivity contribution in [1.82, 2.24) is 19.9 Å². The van der Waals surface area contributed by atoms with Crippen LogP contribution in [0.25, 0.3) is 33.4 Å². The Bertz CT molecular complexity index is 1520. The topological polar surface area (TPSA) is 89.9 Å². The average Bonchev–Trinajstić information content (AvgIpc) is 2.96. The van der Waals surface area contributed by atoms with E-state index in [0.717, 1.165) is 44.7 Å². The number of carbonyl (C=O) groups is 1. The molecule has 2 aromatic carbocycles. The molecule has 1 N–H and O–H groups in total. The van der Waals surface area contributed by atoms with Crippen LogP contribution < -0.4 is 5.32 Å². The lowest BCUT2D eigenvalue weighted by Crippen LogP contribution is -2.15. The molecule has 3 aromatic heterocycles. The van der Waals surface area contributed by atoms with Crippen molar-refractivity contribution < 1.29 is 9.53 Å². The normalized spacial score (nSPS) is 11.7. The van der Waals surface area contributed by atoms with Gasteiger partial charge in [0, 0.05) is 24.2 Å². The molecule has 0 aliphatic rings. The second-order valence-electron chi connectivity index (χ2n) is 8.85. The maximum Gasteiger partial charge on any atom is 0.308 e. The fourth-order valence-corrected chi connectivity index (χ4v) is 4.33. The minimum atomic E-state index is -0.274. The molecule has 5 rings (SSSR count). The van der Waals surface area contributed by atoms with Gasteiger partial charge in [-0.3, -0.25) is 14.8 Å². The van der Waals surface area contributed by atoms with E-state index in [4.69, 9.17) is 14.7 Å². The maximum absolute atomic E-state index is 11.9. The van der Waals surface area contributed by atoms with E-state index in [2.05, 4.69) is 33.5 Å². The maximum atomic E-state index is 11.9. The highest BCUT2D eigenvalue weighted by molar-refractivity contribution is 6.02. The average molecular weight is 490 g/mol. The molecule has 7 heteroatoms. The van der Waals surface area contributed by atoms with Crippen molar-refractivity contribution in [2.45, 2.75) is 19.9 Å². The SMILES string of the molecule is COC(=O)C(C)Cc1cncc(-c2nc(NCc3ccccn3)c3c(-c4ccccc4)cccc3n2)c1. The van der Waals surface area contributed by atoms with Crippen LogP contribution in [0.5, 0.6) is 0 Å². The molecule has 0 spiro atoms. The Morgan fingerprint density at radius 2 is 1.78 bits per heavy atom. The summed E-state index contributed by atoms with van der Waals surface area (Å²) in [6, 6.07) is 24.1. The van der Waals surface area contributed by atoms with Crippen LogP contribution in [-0.4, -0.2) is 33.0 Å². The van der Waals surface area contributed by atoms with E-state index in [0.29, 0.717) is 18.8 Å². The predicted octanol–water partition coefficient (Wildman–Crippen LogP) is 5.72. The van der Waals surface area contributed by atoms with Gasteiger partial charge in [-0.25, -0.2) is 9.97 Å². The van der Waals surface area contributed by atoms with Crippen LogP contribution >= 0.6 is 0 Å². The Morgan fingerprint density at radius 3 is 2.57 bits per heavy atom. The van der Waals surface area contributed by atoms with E-state index in [-0.39, 0.29) is 11.9 Å². The Kier molecular flexibility index (Phi) is 7.12. The van der Waals surface area contributed by atoms with Gasteiger partial charge in [0.25, 0.3) is 0 Å². The fourth-order valence-electron chi connectivity index (χ4n) is 4.33. The molecular weight excluding hydrogens is 462 g/mol. The number of ether oxygens (including phenoxy) is 1. The molecule has 1 atom stereocenters. The van der Waals surface area contributed by atoms with Gasteiger partial charge in [0.05, 0.1) is 36.2 Å². The molecule has 0 fully saturated rings. The quantitative estimate of drug-likeness (QED) is 0.279. The number of carbonyl (C=O) groups excluding carboxylic acids is 1. The Morgan fingerprint density at radius 1 is 0.946 bits per heavy atom. The third-order valence-corrected chi connectivity index (χ3v) is 6.17. The van der Waals surface area contributed by atoms with E-state index in [1.54, 1.807) is 18.6 Å². The van der Waals surface area contributed by atoms with Gasteiger partial charge in [0.2, 0.25) is 0 Å². The van der Waals surface area contributed by atoms with Gasteiger partial charge in [-0.05, 0) is 47.4 Å². The zero-order valence-corrected chi connectivity index (χ0v) is 20.8. The summed E-state index contributed by atoms with van der Waals surface area (Å²) in [7, 11) is 1.40. The highest BCUT2D eigenvalue weighted by atomic mass is 16.5. The van der Waals surface area contributed by atoms with E-state index in [1.165, 1.54) is 7.11 Å². The minimum Gasteiger partial charge on any atom is -0.469 e. The summed E-state index contributed by atoms with van der Waals surface area (Å²) in [4.78, 5) is 30.6. The number of methoxy groups -OCH3 is 1. The first-order valence-corrected chi connectivity index (χ1v) is 12.1. The van der Waals surface area contributed by atoms with E-state index < -0.39 is 0 Å². The largest absolute Gasteiger partial charge is 0.469 e. The zero-order valence-electron chi connectivity index (χ0n) is 20.8. The number of fused-ring (bicyclic) bond motifs is 1. The van der Waals surface area contributed by atoms with Crippen LogP contribution in [0, 0.1) is 5.92 Å². The number of hydrogen-bond donors (Lipinski definition) is 1. The molecule has 0 saturated heterocycles. The molecule has 37 heavy (non-hydrogen) atoms. The van der Waals surface area contributed by atoms with Crippen LogP contribution in [0.4, 0.5) is 5.82 Å². The zero-order chi connectivity index (χ0) is 25.6. The van der Waals surface area contributed by atoms with Gasteiger partial charge in [-0.15, -0.1) is 0 Å². The third kappa shape index (κ3) is 5.46. The standard InChI is InChI=1S/C30H27N5O2/c1-20(30(36)37-2)15-21-16-23(18-31-17-21)28-34-26-13-8-12-25(22-9-4-3-5-10-22)27(26)29(35-28)33-19-24-11-6-7-14-32-24/h3-14,16-18,20H,15,19H2,1-2H3,(H,33,34,35). The number of rotatable bonds is 8. The summed E-state index contributed by atoms with van der Waals surface area (Å²) < 4.78 is 4.88. The monoisotopic (exact) mass is 489 g/mol. The van der Waals surface area contributed by atoms with Gasteiger partial charge in [0.15, 0.2) is 5.82 Å². The lowest BCUT2D eigenvalue weighted by atomic mass is 10.00. The van der Waals surface area contributed by atoms with Crippen LogP contribution in [0.1, 0.15) is 18.2 Å². The van der Waals surface area contributed by atoms with Crippen LogP contribution in [0.15, 0.2) is 91.4 Å². The van der Waals surface area contributed by atoms with Gasteiger partial charge in [0.1, 0.15) is 5.82 Å². The van der Waals surface area contributed by atoms with Crippen molar-refractivity contribution in [1.29, 1.82) is 0 Å². The second-order valence-corrected chi connectivity index (χ2v) is 8.85.